The highest BCUT2D eigenvalue weighted by Gasteiger charge is 2.41. The van der Waals surface area contributed by atoms with E-state index < -0.39 is 0 Å². The van der Waals surface area contributed by atoms with Crippen molar-refractivity contribution in [1.29, 1.82) is 0 Å². The van der Waals surface area contributed by atoms with Crippen LogP contribution < -0.4 is 15.4 Å². The van der Waals surface area contributed by atoms with Gasteiger partial charge in [-0.05, 0) is 44.4 Å². The quantitative estimate of drug-likeness (QED) is 0.476. The monoisotopic (exact) mass is 337 g/mol. The van der Waals surface area contributed by atoms with Crippen molar-refractivity contribution in [2.45, 2.75) is 44.4 Å². The van der Waals surface area contributed by atoms with Crippen LogP contribution in [0.1, 0.15) is 26.2 Å². The molecular weight excluding hydrogens is 314 g/mol. The average molecular weight is 338 g/mol. The minimum absolute atomic E-state index is 0.339. The normalized spacial score (nSPS) is 26.3. The van der Waals surface area contributed by atoms with Gasteiger partial charge in [-0.2, -0.15) is 0 Å². The predicted molar refractivity (Wildman–Crippen MR) is 92.4 cm³/mol. The van der Waals surface area contributed by atoms with Gasteiger partial charge in [0, 0.05) is 11.6 Å². The Labute approximate surface area is 142 Å². The molecule has 0 aliphatic carbocycles. The Morgan fingerprint density at radius 1 is 1.43 bits per heavy atom. The summed E-state index contributed by atoms with van der Waals surface area (Å²) >= 11 is 5.94. The first-order chi connectivity index (χ1) is 11.2. The Hall–Kier alpha value is -1.46. The lowest BCUT2D eigenvalue weighted by Crippen LogP contribution is -2.47. The summed E-state index contributed by atoms with van der Waals surface area (Å²) in [5.74, 6) is 1.61. The van der Waals surface area contributed by atoms with Crippen molar-refractivity contribution >= 4 is 17.6 Å². The third kappa shape index (κ3) is 4.52. The molecule has 0 spiro atoms. The van der Waals surface area contributed by atoms with Gasteiger partial charge in [0.2, 0.25) is 0 Å². The third-order valence-electron chi connectivity index (χ3n) is 4.20. The largest absolute Gasteiger partial charge is 0.492 e. The predicted octanol–water partition coefficient (Wildman–Crippen LogP) is 2.59. The molecule has 0 aromatic heterocycles. The zero-order chi connectivity index (χ0) is 16.1. The van der Waals surface area contributed by atoms with Crippen LogP contribution in [0.5, 0.6) is 5.75 Å². The minimum atomic E-state index is 0.339. The van der Waals surface area contributed by atoms with Crippen LogP contribution in [-0.4, -0.2) is 43.9 Å². The summed E-state index contributed by atoms with van der Waals surface area (Å²) in [5.41, 5.74) is 0. The van der Waals surface area contributed by atoms with Crippen LogP contribution in [0, 0.1) is 0 Å². The maximum absolute atomic E-state index is 5.94. The standard InChI is InChI=1S/C17H24ClN3O2/c1-2-19-17(21-15-11-14-6-7-16(15)23-14)20-8-9-22-13-5-3-4-12(18)10-13/h3-5,10,14-16H,2,6-9,11H2,1H3,(H2,19,20,21). The number of nitrogens with zero attached hydrogens (tertiary/aromatic N) is 1. The number of ether oxygens (including phenoxy) is 2. The van der Waals surface area contributed by atoms with Crippen molar-refractivity contribution in [3.8, 4) is 5.75 Å². The van der Waals surface area contributed by atoms with Crippen molar-refractivity contribution < 1.29 is 9.47 Å². The van der Waals surface area contributed by atoms with E-state index in [1.807, 2.05) is 18.2 Å². The number of halogens is 1. The summed E-state index contributed by atoms with van der Waals surface area (Å²) in [4.78, 5) is 4.58. The van der Waals surface area contributed by atoms with Crippen LogP contribution in [-0.2, 0) is 4.74 Å². The van der Waals surface area contributed by atoms with E-state index in [0.29, 0.717) is 36.4 Å². The number of rotatable bonds is 6. The van der Waals surface area contributed by atoms with Gasteiger partial charge in [-0.25, -0.2) is 4.99 Å². The van der Waals surface area contributed by atoms with E-state index in [-0.39, 0.29) is 0 Å². The van der Waals surface area contributed by atoms with E-state index in [4.69, 9.17) is 21.1 Å². The SMILES string of the molecule is CCNC(=NCCOc1cccc(Cl)c1)NC1CC2CCC1O2. The number of aliphatic imine (C=N–C) groups is 1. The molecule has 2 fully saturated rings. The van der Waals surface area contributed by atoms with Gasteiger partial charge >= 0.3 is 0 Å². The Bertz CT molecular complexity index is 552. The molecule has 2 aliphatic heterocycles. The fourth-order valence-electron chi connectivity index (χ4n) is 3.16. The molecule has 2 N–H and O–H groups in total. The summed E-state index contributed by atoms with van der Waals surface area (Å²) in [5, 5.41) is 7.45. The summed E-state index contributed by atoms with van der Waals surface area (Å²) in [7, 11) is 0. The van der Waals surface area contributed by atoms with Crippen LogP contribution in [0.4, 0.5) is 0 Å². The van der Waals surface area contributed by atoms with Crippen LogP contribution in [0.15, 0.2) is 29.3 Å². The summed E-state index contributed by atoms with van der Waals surface area (Å²) in [6.45, 7) is 4.01. The lowest BCUT2D eigenvalue weighted by atomic mass is 9.96. The van der Waals surface area contributed by atoms with Crippen molar-refractivity contribution in [2.75, 3.05) is 19.7 Å². The third-order valence-corrected chi connectivity index (χ3v) is 4.43. The minimum Gasteiger partial charge on any atom is -0.492 e. The number of nitrogens with one attached hydrogen (secondary N) is 2. The second-order valence-corrected chi connectivity index (χ2v) is 6.36. The lowest BCUT2D eigenvalue weighted by Gasteiger charge is -2.22. The van der Waals surface area contributed by atoms with Gasteiger partial charge < -0.3 is 20.1 Å². The summed E-state index contributed by atoms with van der Waals surface area (Å²) in [6.07, 6.45) is 4.20. The van der Waals surface area contributed by atoms with Crippen LogP contribution >= 0.6 is 11.6 Å². The Balaban J connectivity index is 1.46. The van der Waals surface area contributed by atoms with E-state index in [1.54, 1.807) is 6.07 Å². The van der Waals surface area contributed by atoms with Crippen LogP contribution in [0.2, 0.25) is 5.02 Å². The molecule has 0 saturated carbocycles. The van der Waals surface area contributed by atoms with Gasteiger partial charge in [0.1, 0.15) is 12.4 Å². The molecule has 1 aromatic rings. The maximum atomic E-state index is 5.94. The first kappa shape index (κ1) is 16.4. The number of guanidine groups is 1. The fourth-order valence-corrected chi connectivity index (χ4v) is 3.34. The molecule has 2 bridgehead atoms. The van der Waals surface area contributed by atoms with E-state index >= 15 is 0 Å². The molecule has 3 unspecified atom stereocenters. The van der Waals surface area contributed by atoms with Gasteiger partial charge in [-0.15, -0.1) is 0 Å². The molecule has 1 aromatic carbocycles. The summed E-state index contributed by atoms with van der Waals surface area (Å²) in [6, 6.07) is 7.78. The van der Waals surface area contributed by atoms with Gasteiger partial charge in [-0.1, -0.05) is 17.7 Å². The highest BCUT2D eigenvalue weighted by atomic mass is 35.5. The van der Waals surface area contributed by atoms with Gasteiger partial charge in [0.15, 0.2) is 5.96 Å². The molecule has 126 valence electrons. The van der Waals surface area contributed by atoms with Crippen LogP contribution in [0.3, 0.4) is 0 Å². The Morgan fingerprint density at radius 2 is 2.35 bits per heavy atom. The summed E-state index contributed by atoms with van der Waals surface area (Å²) < 4.78 is 11.5. The molecule has 2 heterocycles. The van der Waals surface area contributed by atoms with E-state index in [0.717, 1.165) is 31.1 Å². The number of hydrogen-bond acceptors (Lipinski definition) is 3. The smallest absolute Gasteiger partial charge is 0.191 e. The van der Waals surface area contributed by atoms with Crippen molar-refractivity contribution in [2.24, 2.45) is 4.99 Å². The fraction of sp³-hybridized carbons (Fsp3) is 0.588. The Morgan fingerprint density at radius 3 is 3.04 bits per heavy atom. The molecule has 5 nitrogen and oxygen atoms in total. The first-order valence-electron chi connectivity index (χ1n) is 8.33. The molecule has 0 radical (unpaired) electrons. The van der Waals surface area contributed by atoms with Crippen molar-refractivity contribution in [3.63, 3.8) is 0 Å². The molecular formula is C17H24ClN3O2. The lowest BCUT2D eigenvalue weighted by molar-refractivity contribution is 0.0992. The van der Waals surface area contributed by atoms with Crippen molar-refractivity contribution in [1.82, 2.24) is 10.6 Å². The molecule has 6 heteroatoms. The van der Waals surface area contributed by atoms with E-state index in [9.17, 15) is 0 Å². The van der Waals surface area contributed by atoms with E-state index in [1.165, 1.54) is 6.42 Å². The molecule has 2 saturated heterocycles. The number of hydrogen-bond donors (Lipinski definition) is 2. The topological polar surface area (TPSA) is 54.9 Å². The Kier molecular flexibility index (Phi) is 5.62. The molecule has 3 rings (SSSR count). The number of benzene rings is 1. The molecule has 3 atom stereocenters. The van der Waals surface area contributed by atoms with E-state index in [2.05, 4.69) is 22.5 Å². The van der Waals surface area contributed by atoms with Crippen LogP contribution in [0.25, 0.3) is 0 Å². The zero-order valence-corrected chi connectivity index (χ0v) is 14.2. The number of fused-ring (bicyclic) bond motifs is 2. The van der Waals surface area contributed by atoms with Gasteiger partial charge in [-0.3, -0.25) is 0 Å². The molecule has 23 heavy (non-hydrogen) atoms. The first-order valence-corrected chi connectivity index (χ1v) is 8.71. The second kappa shape index (κ2) is 7.88. The maximum Gasteiger partial charge on any atom is 0.191 e. The second-order valence-electron chi connectivity index (χ2n) is 5.93. The molecule has 2 aliphatic rings. The highest BCUT2D eigenvalue weighted by molar-refractivity contribution is 6.30. The van der Waals surface area contributed by atoms with Gasteiger partial charge in [0.25, 0.3) is 0 Å². The molecule has 0 amide bonds. The average Bonchev–Trinajstić information content (AvgIpc) is 3.14. The van der Waals surface area contributed by atoms with Gasteiger partial charge in [0.05, 0.1) is 24.8 Å². The van der Waals surface area contributed by atoms with Crippen molar-refractivity contribution in [3.05, 3.63) is 29.3 Å². The zero-order valence-electron chi connectivity index (χ0n) is 13.4. The highest BCUT2D eigenvalue weighted by Crippen LogP contribution is 2.34.